The van der Waals surface area contributed by atoms with Crippen molar-refractivity contribution in [1.82, 2.24) is 0 Å². The minimum atomic E-state index is -0.562. The van der Waals surface area contributed by atoms with E-state index in [4.69, 9.17) is 18.9 Å². The molecule has 0 spiro atoms. The first-order valence-corrected chi connectivity index (χ1v) is 8.66. The van der Waals surface area contributed by atoms with E-state index in [1.54, 1.807) is 20.8 Å². The predicted octanol–water partition coefficient (Wildman–Crippen LogP) is 0.592. The molecular formula is C17H36O7. The Morgan fingerprint density at radius 3 is 1.29 bits per heavy atom. The molecule has 0 aliphatic carbocycles. The molecule has 0 heterocycles. The van der Waals surface area contributed by atoms with E-state index in [0.717, 1.165) is 6.42 Å². The Balaban J connectivity index is 4.77. The summed E-state index contributed by atoms with van der Waals surface area (Å²) in [7, 11) is 0. The van der Waals surface area contributed by atoms with Crippen LogP contribution in [-0.4, -0.2) is 86.5 Å². The Morgan fingerprint density at radius 1 is 0.667 bits per heavy atom. The summed E-state index contributed by atoms with van der Waals surface area (Å²) in [6.45, 7) is 9.50. The topological polar surface area (TPSA) is 97.6 Å². The molecular weight excluding hydrogens is 316 g/mol. The number of hydrogen-bond acceptors (Lipinski definition) is 7. The predicted molar refractivity (Wildman–Crippen MR) is 91.0 cm³/mol. The van der Waals surface area contributed by atoms with E-state index in [9.17, 15) is 15.3 Å². The lowest BCUT2D eigenvalue weighted by Crippen LogP contribution is -2.43. The second-order valence-corrected chi connectivity index (χ2v) is 6.65. The quantitative estimate of drug-likeness (QED) is 0.350. The third kappa shape index (κ3) is 13.1. The van der Waals surface area contributed by atoms with Gasteiger partial charge in [0.15, 0.2) is 0 Å². The number of ether oxygens (including phenoxy) is 4. The molecule has 0 saturated carbocycles. The normalized spacial score (nSPS) is 18.1. The molecule has 3 unspecified atom stereocenters. The van der Waals surface area contributed by atoms with Gasteiger partial charge in [-0.25, -0.2) is 0 Å². The first kappa shape index (κ1) is 23.7. The van der Waals surface area contributed by atoms with E-state index in [0.29, 0.717) is 33.0 Å². The van der Waals surface area contributed by atoms with Gasteiger partial charge in [-0.15, -0.1) is 0 Å². The molecule has 0 aromatic carbocycles. The largest absolute Gasteiger partial charge is 0.391 e. The third-order valence-corrected chi connectivity index (χ3v) is 3.06. The molecule has 24 heavy (non-hydrogen) atoms. The van der Waals surface area contributed by atoms with E-state index in [2.05, 4.69) is 0 Å². The van der Waals surface area contributed by atoms with Gasteiger partial charge in [-0.05, 0) is 27.2 Å². The first-order chi connectivity index (χ1) is 11.3. The summed E-state index contributed by atoms with van der Waals surface area (Å²) < 4.78 is 22.5. The molecule has 0 amide bonds. The van der Waals surface area contributed by atoms with Crippen LogP contribution in [-0.2, 0) is 18.9 Å². The van der Waals surface area contributed by atoms with Crippen LogP contribution in [0, 0.1) is 5.41 Å². The smallest absolute Gasteiger partial charge is 0.0745 e. The third-order valence-electron chi connectivity index (χ3n) is 3.06. The average Bonchev–Trinajstić information content (AvgIpc) is 2.46. The number of aliphatic hydroxyl groups excluding tert-OH is 3. The van der Waals surface area contributed by atoms with E-state index in [1.807, 2.05) is 6.92 Å². The van der Waals surface area contributed by atoms with Gasteiger partial charge in [0.25, 0.3) is 0 Å². The lowest BCUT2D eigenvalue weighted by atomic mass is 9.92. The lowest BCUT2D eigenvalue weighted by molar-refractivity contribution is -0.124. The van der Waals surface area contributed by atoms with E-state index in [1.165, 1.54) is 0 Å². The molecule has 3 atom stereocenters. The minimum Gasteiger partial charge on any atom is -0.391 e. The summed E-state index contributed by atoms with van der Waals surface area (Å²) in [4.78, 5) is 0. The Morgan fingerprint density at radius 2 is 1.00 bits per heavy atom. The molecule has 0 aromatic heterocycles. The molecule has 146 valence electrons. The highest BCUT2D eigenvalue weighted by molar-refractivity contribution is 4.80. The van der Waals surface area contributed by atoms with Crippen molar-refractivity contribution < 1.29 is 34.3 Å². The molecule has 3 N–H and O–H groups in total. The SMILES string of the molecule is CCCOCC(COCC(C)O)(COCC(C)O)COCC(C)O. The van der Waals surface area contributed by atoms with E-state index in [-0.39, 0.29) is 19.8 Å². The van der Waals surface area contributed by atoms with Crippen LogP contribution in [0.2, 0.25) is 0 Å². The molecule has 0 bridgehead atoms. The number of aliphatic hydroxyl groups is 3. The summed E-state index contributed by atoms with van der Waals surface area (Å²) in [5.41, 5.74) is -0.562. The Bertz CT molecular complexity index is 246. The van der Waals surface area contributed by atoms with Crippen molar-refractivity contribution in [3.05, 3.63) is 0 Å². The van der Waals surface area contributed by atoms with E-state index < -0.39 is 23.7 Å². The molecule has 7 heteroatoms. The highest BCUT2D eigenvalue weighted by Gasteiger charge is 2.33. The summed E-state index contributed by atoms with van der Waals surface area (Å²) >= 11 is 0. The van der Waals surface area contributed by atoms with Crippen LogP contribution in [0.15, 0.2) is 0 Å². The van der Waals surface area contributed by atoms with E-state index >= 15 is 0 Å². The minimum absolute atomic E-state index is 0.211. The summed E-state index contributed by atoms with van der Waals surface area (Å²) in [5.74, 6) is 0. The zero-order valence-electron chi connectivity index (χ0n) is 15.6. The van der Waals surface area contributed by atoms with Gasteiger partial charge in [0.05, 0.1) is 70.0 Å². The fraction of sp³-hybridized carbons (Fsp3) is 1.00. The first-order valence-electron chi connectivity index (χ1n) is 8.66. The van der Waals surface area contributed by atoms with Gasteiger partial charge < -0.3 is 34.3 Å². The highest BCUT2D eigenvalue weighted by atomic mass is 16.5. The van der Waals surface area contributed by atoms with Crippen LogP contribution in [0.3, 0.4) is 0 Å². The Kier molecular flexibility index (Phi) is 13.8. The van der Waals surface area contributed by atoms with Gasteiger partial charge in [-0.2, -0.15) is 0 Å². The molecule has 0 saturated heterocycles. The maximum atomic E-state index is 9.38. The van der Waals surface area contributed by atoms with Gasteiger partial charge >= 0.3 is 0 Å². The molecule has 0 fully saturated rings. The van der Waals surface area contributed by atoms with Gasteiger partial charge in [-0.1, -0.05) is 6.92 Å². The molecule has 0 aromatic rings. The van der Waals surface area contributed by atoms with Crippen molar-refractivity contribution in [1.29, 1.82) is 0 Å². The average molecular weight is 352 g/mol. The molecule has 0 radical (unpaired) electrons. The van der Waals surface area contributed by atoms with Crippen molar-refractivity contribution in [2.75, 3.05) is 52.9 Å². The van der Waals surface area contributed by atoms with Crippen LogP contribution in [0.4, 0.5) is 0 Å². The fourth-order valence-corrected chi connectivity index (χ4v) is 2.02. The van der Waals surface area contributed by atoms with Gasteiger partial charge in [0.2, 0.25) is 0 Å². The second-order valence-electron chi connectivity index (χ2n) is 6.65. The van der Waals surface area contributed by atoms with Gasteiger partial charge in [0.1, 0.15) is 0 Å². The van der Waals surface area contributed by atoms with Gasteiger partial charge in [0, 0.05) is 6.61 Å². The highest BCUT2D eigenvalue weighted by Crippen LogP contribution is 2.21. The lowest BCUT2D eigenvalue weighted by Gasteiger charge is -2.33. The van der Waals surface area contributed by atoms with Crippen LogP contribution >= 0.6 is 0 Å². The Labute approximate surface area is 145 Å². The van der Waals surface area contributed by atoms with Crippen molar-refractivity contribution in [3.63, 3.8) is 0 Å². The maximum absolute atomic E-state index is 9.38. The fourth-order valence-electron chi connectivity index (χ4n) is 2.02. The van der Waals surface area contributed by atoms with Crippen molar-refractivity contribution in [2.45, 2.75) is 52.4 Å². The number of rotatable bonds is 16. The van der Waals surface area contributed by atoms with Crippen LogP contribution in [0.1, 0.15) is 34.1 Å². The van der Waals surface area contributed by atoms with Crippen molar-refractivity contribution in [3.8, 4) is 0 Å². The zero-order chi connectivity index (χ0) is 18.4. The molecule has 0 rings (SSSR count). The van der Waals surface area contributed by atoms with Crippen LogP contribution in [0.5, 0.6) is 0 Å². The van der Waals surface area contributed by atoms with Gasteiger partial charge in [-0.3, -0.25) is 0 Å². The monoisotopic (exact) mass is 352 g/mol. The van der Waals surface area contributed by atoms with Crippen molar-refractivity contribution >= 4 is 0 Å². The zero-order valence-corrected chi connectivity index (χ0v) is 15.6. The Hall–Kier alpha value is -0.280. The van der Waals surface area contributed by atoms with Crippen LogP contribution < -0.4 is 0 Å². The maximum Gasteiger partial charge on any atom is 0.0745 e. The van der Waals surface area contributed by atoms with Crippen molar-refractivity contribution in [2.24, 2.45) is 5.41 Å². The summed E-state index contributed by atoms with van der Waals surface area (Å²) in [5, 5.41) is 28.1. The van der Waals surface area contributed by atoms with Crippen LogP contribution in [0.25, 0.3) is 0 Å². The summed E-state index contributed by atoms with van der Waals surface area (Å²) in [6, 6.07) is 0. The molecule has 7 nitrogen and oxygen atoms in total. The molecule has 0 aliphatic heterocycles. The second kappa shape index (κ2) is 13.9. The number of hydrogen-bond donors (Lipinski definition) is 3. The summed E-state index contributed by atoms with van der Waals surface area (Å²) in [6.07, 6.45) is -0.781. The standard InChI is InChI=1S/C17H36O7/c1-5-6-21-10-17(11-22-7-14(2)18,12-23-8-15(3)19)13-24-9-16(4)20/h14-16,18-20H,5-13H2,1-4H3. The molecule has 0 aliphatic rings.